The number of pyridine rings is 2. The summed E-state index contributed by atoms with van der Waals surface area (Å²) >= 11 is 0. The van der Waals surface area contributed by atoms with Crippen molar-refractivity contribution in [1.29, 1.82) is 0 Å². The quantitative estimate of drug-likeness (QED) is 0.150. The van der Waals surface area contributed by atoms with Gasteiger partial charge in [-0.25, -0.2) is 4.57 Å². The predicted molar refractivity (Wildman–Crippen MR) is 135 cm³/mol. The summed E-state index contributed by atoms with van der Waals surface area (Å²) in [6.45, 7) is 6.75. The van der Waals surface area contributed by atoms with Crippen molar-refractivity contribution in [3.05, 3.63) is 70.9 Å². The molecular formula is C30H29N2+. The molecule has 1 aliphatic rings. The fraction of sp³-hybridized carbons (Fsp3) is 0.300. The first-order valence-corrected chi connectivity index (χ1v) is 12.0. The second kappa shape index (κ2) is 6.22. The summed E-state index contributed by atoms with van der Waals surface area (Å²) in [5.41, 5.74) is 11.1. The minimum atomic E-state index is 0.702. The zero-order valence-corrected chi connectivity index (χ0v) is 19.4. The zero-order valence-electron chi connectivity index (χ0n) is 19.4. The Bertz CT molecular complexity index is 1710. The molecule has 0 aliphatic heterocycles. The van der Waals surface area contributed by atoms with E-state index in [0.29, 0.717) is 5.92 Å². The Hall–Kier alpha value is -3.13. The van der Waals surface area contributed by atoms with Crippen LogP contribution in [0.15, 0.2) is 48.7 Å². The maximum Gasteiger partial charge on any atom is 0.224 e. The number of fused-ring (bicyclic) bond motifs is 5. The molecule has 0 spiro atoms. The van der Waals surface area contributed by atoms with Gasteiger partial charge in [0.25, 0.3) is 0 Å². The van der Waals surface area contributed by atoms with Crippen LogP contribution in [0.3, 0.4) is 0 Å². The van der Waals surface area contributed by atoms with Gasteiger partial charge in [0.1, 0.15) is 7.05 Å². The lowest BCUT2D eigenvalue weighted by Gasteiger charge is -2.16. The van der Waals surface area contributed by atoms with E-state index in [4.69, 9.17) is 0 Å². The molecule has 0 unspecified atom stereocenters. The Morgan fingerprint density at radius 1 is 0.781 bits per heavy atom. The average Bonchev–Trinajstić information content (AvgIpc) is 3.42. The number of rotatable bonds is 1. The van der Waals surface area contributed by atoms with Crippen LogP contribution < -0.4 is 4.57 Å². The molecule has 1 fully saturated rings. The van der Waals surface area contributed by atoms with Gasteiger partial charge in [-0.05, 0) is 85.4 Å². The minimum Gasteiger partial charge on any atom is -0.307 e. The molecule has 1 saturated carbocycles. The van der Waals surface area contributed by atoms with Crippen molar-refractivity contribution in [2.75, 3.05) is 0 Å². The first-order chi connectivity index (χ1) is 15.5. The van der Waals surface area contributed by atoms with E-state index in [-0.39, 0.29) is 0 Å². The second-order valence-corrected chi connectivity index (χ2v) is 10.2. The molecule has 0 N–H and O–H groups in total. The molecule has 3 aromatic carbocycles. The molecule has 1 aliphatic carbocycles. The van der Waals surface area contributed by atoms with Crippen molar-refractivity contribution in [3.8, 4) is 0 Å². The molecule has 0 bridgehead atoms. The smallest absolute Gasteiger partial charge is 0.224 e. The molecule has 3 aromatic heterocycles. The van der Waals surface area contributed by atoms with Gasteiger partial charge in [-0.3, -0.25) is 0 Å². The second-order valence-electron chi connectivity index (χ2n) is 10.2. The summed E-state index contributed by atoms with van der Waals surface area (Å²) in [5, 5.41) is 6.92. The van der Waals surface area contributed by atoms with Crippen LogP contribution in [-0.2, 0) is 7.05 Å². The third kappa shape index (κ3) is 2.23. The molecule has 32 heavy (non-hydrogen) atoms. The highest BCUT2D eigenvalue weighted by molar-refractivity contribution is 6.25. The van der Waals surface area contributed by atoms with Crippen LogP contribution in [0.25, 0.3) is 49.0 Å². The molecule has 0 saturated heterocycles. The van der Waals surface area contributed by atoms with Gasteiger partial charge in [0.15, 0.2) is 6.20 Å². The number of nitrogens with zero attached hydrogens (tertiary/aromatic N) is 2. The van der Waals surface area contributed by atoms with Gasteiger partial charge in [0, 0.05) is 16.8 Å². The summed E-state index contributed by atoms with van der Waals surface area (Å²) in [4.78, 5) is 0. The molecule has 7 rings (SSSR count). The Kier molecular flexibility index (Phi) is 3.59. The minimum absolute atomic E-state index is 0.702. The molecule has 0 atom stereocenters. The van der Waals surface area contributed by atoms with E-state index in [9.17, 15) is 0 Å². The van der Waals surface area contributed by atoms with E-state index in [1.807, 2.05) is 0 Å². The molecule has 3 heterocycles. The average molecular weight is 418 g/mol. The highest BCUT2D eigenvalue weighted by Gasteiger charge is 2.26. The standard InChI is InChI=1S/C30H29N2/c1-17-9-10-23-24-13-18(2)19(3)14-25(24)32-26-16-22(20-7-5-6-8-20)15-21-11-12-31(4)30(28(21)26)27(17)29(23)32/h9-16,20H,5-8H2,1-4H3/q+1. The zero-order chi connectivity index (χ0) is 21.7. The van der Waals surface area contributed by atoms with E-state index in [1.165, 1.54) is 96.9 Å². The van der Waals surface area contributed by atoms with Gasteiger partial charge in [-0.15, -0.1) is 0 Å². The van der Waals surface area contributed by atoms with Gasteiger partial charge in [-0.1, -0.05) is 31.0 Å². The number of benzene rings is 3. The number of aryl methyl sites for hydroxylation is 4. The lowest BCUT2D eigenvalue weighted by molar-refractivity contribution is -0.643. The Labute approximate surface area is 188 Å². The summed E-state index contributed by atoms with van der Waals surface area (Å²) in [6.07, 6.45) is 7.64. The van der Waals surface area contributed by atoms with Crippen LogP contribution in [0.1, 0.15) is 53.9 Å². The first kappa shape index (κ1) is 18.4. The van der Waals surface area contributed by atoms with Crippen LogP contribution >= 0.6 is 0 Å². The largest absolute Gasteiger partial charge is 0.307 e. The van der Waals surface area contributed by atoms with E-state index in [0.717, 1.165) is 0 Å². The molecule has 158 valence electrons. The third-order valence-corrected chi connectivity index (χ3v) is 8.29. The maximum atomic E-state index is 2.59. The first-order valence-electron chi connectivity index (χ1n) is 12.0. The molecule has 0 amide bonds. The number of aromatic nitrogens is 2. The molecule has 6 aromatic rings. The maximum absolute atomic E-state index is 2.59. The van der Waals surface area contributed by atoms with Gasteiger partial charge in [-0.2, -0.15) is 0 Å². The monoisotopic (exact) mass is 417 g/mol. The Morgan fingerprint density at radius 2 is 1.56 bits per heavy atom. The summed E-state index contributed by atoms with van der Waals surface area (Å²) in [7, 11) is 2.20. The van der Waals surface area contributed by atoms with E-state index >= 15 is 0 Å². The van der Waals surface area contributed by atoms with Gasteiger partial charge in [0.05, 0.1) is 27.3 Å². The van der Waals surface area contributed by atoms with Crippen molar-refractivity contribution in [1.82, 2.24) is 4.40 Å². The van der Waals surface area contributed by atoms with Crippen LogP contribution in [0.5, 0.6) is 0 Å². The summed E-state index contributed by atoms with van der Waals surface area (Å²) in [6, 6.07) is 16.8. The van der Waals surface area contributed by atoms with Gasteiger partial charge >= 0.3 is 0 Å². The van der Waals surface area contributed by atoms with Crippen LogP contribution in [0, 0.1) is 20.8 Å². The molecule has 2 heteroatoms. The highest BCUT2D eigenvalue weighted by atomic mass is 15.0. The lowest BCUT2D eigenvalue weighted by Crippen LogP contribution is -2.29. The van der Waals surface area contributed by atoms with Crippen molar-refractivity contribution in [2.45, 2.75) is 52.4 Å². The number of hydrogen-bond donors (Lipinski definition) is 0. The van der Waals surface area contributed by atoms with Crippen LogP contribution in [0.4, 0.5) is 0 Å². The van der Waals surface area contributed by atoms with Crippen LogP contribution in [-0.4, -0.2) is 4.40 Å². The third-order valence-electron chi connectivity index (χ3n) is 8.29. The fourth-order valence-corrected chi connectivity index (χ4v) is 6.49. The Morgan fingerprint density at radius 3 is 2.38 bits per heavy atom. The highest BCUT2D eigenvalue weighted by Crippen LogP contribution is 2.43. The fourth-order valence-electron chi connectivity index (χ4n) is 6.49. The normalized spacial score (nSPS) is 15.5. The SMILES string of the molecule is Cc1cc2c3ccc(C)c4c3n(c2cc1C)c1cc(C2CCCC2)cc2cc[n+](C)c4c21. The van der Waals surface area contributed by atoms with Crippen molar-refractivity contribution >= 4 is 49.0 Å². The lowest BCUT2D eigenvalue weighted by atomic mass is 9.92. The van der Waals surface area contributed by atoms with E-state index < -0.39 is 0 Å². The summed E-state index contributed by atoms with van der Waals surface area (Å²) in [5.74, 6) is 0.702. The summed E-state index contributed by atoms with van der Waals surface area (Å²) < 4.78 is 4.92. The van der Waals surface area contributed by atoms with E-state index in [2.05, 4.69) is 85.4 Å². The van der Waals surface area contributed by atoms with Crippen LogP contribution in [0.2, 0.25) is 0 Å². The molecular weight excluding hydrogens is 388 g/mol. The Balaban J connectivity index is 1.83. The van der Waals surface area contributed by atoms with Crippen molar-refractivity contribution < 1.29 is 4.57 Å². The van der Waals surface area contributed by atoms with Gasteiger partial charge in [0.2, 0.25) is 5.52 Å². The van der Waals surface area contributed by atoms with Crippen molar-refractivity contribution in [3.63, 3.8) is 0 Å². The number of hydrogen-bond acceptors (Lipinski definition) is 0. The van der Waals surface area contributed by atoms with Gasteiger partial charge < -0.3 is 4.40 Å². The molecule has 0 radical (unpaired) electrons. The molecule has 2 nitrogen and oxygen atoms in total. The topological polar surface area (TPSA) is 8.29 Å². The van der Waals surface area contributed by atoms with E-state index in [1.54, 1.807) is 0 Å². The predicted octanol–water partition coefficient (Wildman–Crippen LogP) is 7.40. The van der Waals surface area contributed by atoms with Crippen molar-refractivity contribution in [2.24, 2.45) is 7.05 Å².